The van der Waals surface area contributed by atoms with Crippen LogP contribution in [-0.4, -0.2) is 72.5 Å². The third-order valence-corrected chi connectivity index (χ3v) is 6.19. The van der Waals surface area contributed by atoms with E-state index in [1.165, 1.54) is 77.0 Å². The number of aliphatic hydroxyl groups excluding tert-OH is 2. The molecule has 0 aliphatic carbocycles. The minimum atomic E-state index is -0.209. The molecule has 0 radical (unpaired) electrons. The van der Waals surface area contributed by atoms with Gasteiger partial charge in [0.15, 0.2) is 0 Å². The molecule has 0 aromatic rings. The maximum absolute atomic E-state index is 10.3. The number of hydrogen-bond acceptors (Lipinski definition) is 4. The van der Waals surface area contributed by atoms with Crippen molar-refractivity contribution in [2.75, 3.05) is 40.3 Å². The molecule has 0 rings (SSSR count). The van der Waals surface area contributed by atoms with Crippen molar-refractivity contribution in [2.45, 2.75) is 129 Å². The molecule has 0 aromatic heterocycles. The van der Waals surface area contributed by atoms with Gasteiger partial charge in [0, 0.05) is 26.2 Å². The summed E-state index contributed by atoms with van der Waals surface area (Å²) in [7, 11) is 4.19. The summed E-state index contributed by atoms with van der Waals surface area (Å²) in [5, 5.41) is 20.5. The highest BCUT2D eigenvalue weighted by molar-refractivity contribution is 4.66. The highest BCUT2D eigenvalue weighted by Gasteiger charge is 2.11. The molecule has 2 unspecified atom stereocenters. The molecule has 0 amide bonds. The molecule has 4 heteroatoms. The summed E-state index contributed by atoms with van der Waals surface area (Å²) in [4.78, 5) is 4.45. The molecule has 0 aromatic carbocycles. The predicted molar refractivity (Wildman–Crippen MR) is 132 cm³/mol. The van der Waals surface area contributed by atoms with E-state index < -0.39 is 0 Å². The van der Waals surface area contributed by atoms with Crippen molar-refractivity contribution >= 4 is 0 Å². The fourth-order valence-electron chi connectivity index (χ4n) is 4.10. The summed E-state index contributed by atoms with van der Waals surface area (Å²) in [6.45, 7) is 7.89. The van der Waals surface area contributed by atoms with E-state index in [1.807, 2.05) is 0 Å². The molecule has 2 atom stereocenters. The number of unbranched alkanes of at least 4 members (excludes halogenated alkanes) is 12. The van der Waals surface area contributed by atoms with Crippen LogP contribution in [0.25, 0.3) is 0 Å². The van der Waals surface area contributed by atoms with Gasteiger partial charge in [-0.05, 0) is 26.9 Å². The molecule has 0 aliphatic rings. The second-order valence-corrected chi connectivity index (χ2v) is 9.65. The first-order valence-corrected chi connectivity index (χ1v) is 13.2. The Kier molecular flexibility index (Phi) is 21.9. The standard InChI is InChI=1S/C26H56N2O2/c1-5-7-9-11-13-15-17-19-25(29)23-27(3)21-22-28(4)24-26(30)20-18-16-14-12-10-8-6-2/h25-26,29-30H,5-24H2,1-4H3. The van der Waals surface area contributed by atoms with Gasteiger partial charge in [0.2, 0.25) is 0 Å². The summed E-state index contributed by atoms with van der Waals surface area (Å²) in [5.74, 6) is 0. The minimum Gasteiger partial charge on any atom is -0.392 e. The van der Waals surface area contributed by atoms with Crippen LogP contribution in [0.2, 0.25) is 0 Å². The Hall–Kier alpha value is -0.160. The zero-order chi connectivity index (χ0) is 22.5. The molecule has 0 heterocycles. The molecule has 4 nitrogen and oxygen atoms in total. The van der Waals surface area contributed by atoms with Gasteiger partial charge in [-0.3, -0.25) is 0 Å². The molecule has 182 valence electrons. The van der Waals surface area contributed by atoms with Gasteiger partial charge in [0.1, 0.15) is 0 Å². The van der Waals surface area contributed by atoms with Crippen molar-refractivity contribution in [3.63, 3.8) is 0 Å². The van der Waals surface area contributed by atoms with Crippen LogP contribution >= 0.6 is 0 Å². The first-order chi connectivity index (χ1) is 14.5. The fraction of sp³-hybridized carbons (Fsp3) is 1.00. The Balaban J connectivity index is 3.61. The van der Waals surface area contributed by atoms with Crippen LogP contribution in [0.4, 0.5) is 0 Å². The van der Waals surface area contributed by atoms with Gasteiger partial charge in [-0.1, -0.05) is 104 Å². The van der Waals surface area contributed by atoms with Crippen molar-refractivity contribution in [1.29, 1.82) is 0 Å². The van der Waals surface area contributed by atoms with Crippen LogP contribution in [0.5, 0.6) is 0 Å². The Morgan fingerprint density at radius 1 is 0.500 bits per heavy atom. The molecule has 0 saturated carbocycles. The van der Waals surface area contributed by atoms with E-state index in [0.29, 0.717) is 0 Å². The number of likely N-dealkylation sites (N-methyl/N-ethyl adjacent to an activating group) is 2. The van der Waals surface area contributed by atoms with Crippen LogP contribution in [0.3, 0.4) is 0 Å². The van der Waals surface area contributed by atoms with Crippen LogP contribution < -0.4 is 0 Å². The number of rotatable bonds is 23. The third kappa shape index (κ3) is 21.1. The maximum Gasteiger partial charge on any atom is 0.0667 e. The topological polar surface area (TPSA) is 46.9 Å². The van der Waals surface area contributed by atoms with Gasteiger partial charge >= 0.3 is 0 Å². The van der Waals surface area contributed by atoms with Crippen LogP contribution in [0, 0.1) is 0 Å². The lowest BCUT2D eigenvalue weighted by Gasteiger charge is -2.25. The van der Waals surface area contributed by atoms with E-state index in [2.05, 4.69) is 37.7 Å². The minimum absolute atomic E-state index is 0.209. The smallest absolute Gasteiger partial charge is 0.0667 e. The molecule has 30 heavy (non-hydrogen) atoms. The lowest BCUT2D eigenvalue weighted by molar-refractivity contribution is 0.0938. The van der Waals surface area contributed by atoms with E-state index in [9.17, 15) is 10.2 Å². The molecule has 2 N–H and O–H groups in total. The van der Waals surface area contributed by atoms with Crippen molar-refractivity contribution in [3.05, 3.63) is 0 Å². The molecule has 0 fully saturated rings. The van der Waals surface area contributed by atoms with Crippen molar-refractivity contribution in [2.24, 2.45) is 0 Å². The number of nitrogens with zero attached hydrogens (tertiary/aromatic N) is 2. The van der Waals surface area contributed by atoms with Gasteiger partial charge in [-0.2, -0.15) is 0 Å². The molecule has 0 spiro atoms. The molecule has 0 saturated heterocycles. The van der Waals surface area contributed by atoms with Gasteiger partial charge in [0.05, 0.1) is 12.2 Å². The summed E-state index contributed by atoms with van der Waals surface area (Å²) in [5.41, 5.74) is 0. The van der Waals surface area contributed by atoms with E-state index in [1.54, 1.807) is 0 Å². The van der Waals surface area contributed by atoms with Crippen molar-refractivity contribution in [3.8, 4) is 0 Å². The highest BCUT2D eigenvalue weighted by atomic mass is 16.3. The average Bonchev–Trinajstić information content (AvgIpc) is 2.71. The Morgan fingerprint density at radius 3 is 1.13 bits per heavy atom. The maximum atomic E-state index is 10.3. The summed E-state index contributed by atoms with van der Waals surface area (Å²) in [6, 6.07) is 0. The lowest BCUT2D eigenvalue weighted by atomic mass is 10.1. The zero-order valence-corrected chi connectivity index (χ0v) is 21.1. The van der Waals surface area contributed by atoms with Gasteiger partial charge < -0.3 is 20.0 Å². The lowest BCUT2D eigenvalue weighted by Crippen LogP contribution is -2.38. The summed E-state index contributed by atoms with van der Waals surface area (Å²) >= 11 is 0. The molecular formula is C26H56N2O2. The Morgan fingerprint density at radius 2 is 0.800 bits per heavy atom. The van der Waals surface area contributed by atoms with Crippen LogP contribution in [-0.2, 0) is 0 Å². The SMILES string of the molecule is CCCCCCCCCC(O)CN(C)CCN(C)CC(O)CCCCCCCCC. The van der Waals surface area contributed by atoms with E-state index in [0.717, 1.165) is 51.9 Å². The van der Waals surface area contributed by atoms with Gasteiger partial charge in [-0.15, -0.1) is 0 Å². The number of hydrogen-bond donors (Lipinski definition) is 2. The Bertz CT molecular complexity index is 309. The zero-order valence-electron chi connectivity index (χ0n) is 21.1. The normalized spacial score (nSPS) is 14.0. The van der Waals surface area contributed by atoms with E-state index in [-0.39, 0.29) is 12.2 Å². The van der Waals surface area contributed by atoms with Gasteiger partial charge in [0.25, 0.3) is 0 Å². The van der Waals surface area contributed by atoms with E-state index in [4.69, 9.17) is 0 Å². The van der Waals surface area contributed by atoms with E-state index >= 15 is 0 Å². The first-order valence-electron chi connectivity index (χ1n) is 13.2. The second kappa shape index (κ2) is 22.0. The second-order valence-electron chi connectivity index (χ2n) is 9.65. The molecule has 0 bridgehead atoms. The largest absolute Gasteiger partial charge is 0.392 e. The quantitative estimate of drug-likeness (QED) is 0.200. The fourth-order valence-corrected chi connectivity index (χ4v) is 4.10. The van der Waals surface area contributed by atoms with Gasteiger partial charge in [-0.25, -0.2) is 0 Å². The van der Waals surface area contributed by atoms with Crippen LogP contribution in [0.15, 0.2) is 0 Å². The van der Waals surface area contributed by atoms with Crippen molar-refractivity contribution < 1.29 is 10.2 Å². The molecule has 0 aliphatic heterocycles. The molecular weight excluding hydrogens is 372 g/mol. The first kappa shape index (κ1) is 29.8. The monoisotopic (exact) mass is 428 g/mol. The average molecular weight is 429 g/mol. The summed E-state index contributed by atoms with van der Waals surface area (Å²) < 4.78 is 0. The van der Waals surface area contributed by atoms with Crippen molar-refractivity contribution in [1.82, 2.24) is 9.80 Å². The third-order valence-electron chi connectivity index (χ3n) is 6.19. The highest BCUT2D eigenvalue weighted by Crippen LogP contribution is 2.11. The predicted octanol–water partition coefficient (Wildman–Crippen LogP) is 5.85. The Labute approximate surface area is 189 Å². The summed E-state index contributed by atoms with van der Waals surface area (Å²) in [6.07, 6.45) is 19.6. The number of aliphatic hydroxyl groups is 2. The van der Waals surface area contributed by atoms with Crippen LogP contribution in [0.1, 0.15) is 117 Å².